The zero-order valence-electron chi connectivity index (χ0n) is 12.6. The Labute approximate surface area is 129 Å². The Kier molecular flexibility index (Phi) is 4.83. The summed E-state index contributed by atoms with van der Waals surface area (Å²) in [5.41, 5.74) is 1.75. The average Bonchev–Trinajstić information content (AvgIpc) is 3.00. The lowest BCUT2D eigenvalue weighted by Gasteiger charge is -2.32. The molecule has 0 amide bonds. The molecular formula is C17H21F2N3. The van der Waals surface area contributed by atoms with Gasteiger partial charge < -0.3 is 4.98 Å². The normalized spacial score (nSPS) is 19.5. The van der Waals surface area contributed by atoms with Crippen molar-refractivity contribution in [3.63, 3.8) is 0 Å². The second-order valence-electron chi connectivity index (χ2n) is 6.09. The minimum atomic E-state index is -0.510. The van der Waals surface area contributed by atoms with Crippen LogP contribution in [0, 0.1) is 17.6 Å². The van der Waals surface area contributed by atoms with E-state index in [1.165, 1.54) is 18.9 Å². The van der Waals surface area contributed by atoms with E-state index in [2.05, 4.69) is 14.9 Å². The van der Waals surface area contributed by atoms with Gasteiger partial charge in [0.15, 0.2) is 0 Å². The van der Waals surface area contributed by atoms with Gasteiger partial charge in [0.2, 0.25) is 0 Å². The molecule has 0 bridgehead atoms. The van der Waals surface area contributed by atoms with Gasteiger partial charge in [-0.1, -0.05) is 6.07 Å². The molecule has 1 atom stereocenters. The van der Waals surface area contributed by atoms with Crippen molar-refractivity contribution in [2.24, 2.45) is 5.92 Å². The molecule has 0 aliphatic carbocycles. The summed E-state index contributed by atoms with van der Waals surface area (Å²) >= 11 is 0. The molecule has 1 aliphatic rings. The number of halogens is 2. The number of nitrogens with one attached hydrogen (secondary N) is 1. The molecule has 1 N–H and O–H groups in total. The number of likely N-dealkylation sites (tertiary alicyclic amines) is 1. The number of hydrogen-bond donors (Lipinski definition) is 1. The Morgan fingerprint density at radius 2 is 2.23 bits per heavy atom. The summed E-state index contributed by atoms with van der Waals surface area (Å²) in [6, 6.07) is 3.88. The molecule has 1 aromatic heterocycles. The van der Waals surface area contributed by atoms with Gasteiger partial charge in [-0.15, -0.1) is 0 Å². The lowest BCUT2D eigenvalue weighted by atomic mass is 9.91. The Morgan fingerprint density at radius 3 is 3.00 bits per heavy atom. The van der Waals surface area contributed by atoms with Crippen molar-refractivity contribution < 1.29 is 8.78 Å². The first-order valence-electron chi connectivity index (χ1n) is 7.84. The van der Waals surface area contributed by atoms with Gasteiger partial charge in [0.25, 0.3) is 0 Å². The van der Waals surface area contributed by atoms with Crippen LogP contribution in [0.25, 0.3) is 0 Å². The van der Waals surface area contributed by atoms with Gasteiger partial charge in [0, 0.05) is 31.0 Å². The summed E-state index contributed by atoms with van der Waals surface area (Å²) < 4.78 is 26.6. The highest BCUT2D eigenvalue weighted by atomic mass is 19.1. The SMILES string of the molecule is Fc1ccc(CC[C@@H]2CCCN(Cc3cnc[nH]3)C2)c(F)c1. The number of benzene rings is 1. The highest BCUT2D eigenvalue weighted by Crippen LogP contribution is 2.23. The molecule has 3 rings (SSSR count). The first-order valence-corrected chi connectivity index (χ1v) is 7.84. The van der Waals surface area contributed by atoms with Crippen LogP contribution in [0.15, 0.2) is 30.7 Å². The summed E-state index contributed by atoms with van der Waals surface area (Å²) in [7, 11) is 0. The maximum atomic E-state index is 13.7. The molecule has 0 radical (unpaired) electrons. The predicted octanol–water partition coefficient (Wildman–Crippen LogP) is 3.53. The van der Waals surface area contributed by atoms with Crippen LogP contribution in [-0.4, -0.2) is 28.0 Å². The number of piperidine rings is 1. The minimum absolute atomic E-state index is 0.426. The lowest BCUT2D eigenvalue weighted by molar-refractivity contribution is 0.160. The fourth-order valence-electron chi connectivity index (χ4n) is 3.23. The second-order valence-corrected chi connectivity index (χ2v) is 6.09. The van der Waals surface area contributed by atoms with E-state index >= 15 is 0 Å². The molecule has 1 fully saturated rings. The maximum Gasteiger partial charge on any atom is 0.129 e. The fraction of sp³-hybridized carbons (Fsp3) is 0.471. The van der Waals surface area contributed by atoms with Crippen molar-refractivity contribution in [1.29, 1.82) is 0 Å². The van der Waals surface area contributed by atoms with E-state index in [9.17, 15) is 8.78 Å². The molecule has 118 valence electrons. The number of H-pyrrole nitrogens is 1. The van der Waals surface area contributed by atoms with Gasteiger partial charge in [-0.05, 0) is 49.8 Å². The summed E-state index contributed by atoms with van der Waals surface area (Å²) in [5, 5.41) is 0. The van der Waals surface area contributed by atoms with Crippen LogP contribution in [0.4, 0.5) is 8.78 Å². The molecule has 3 nitrogen and oxygen atoms in total. The zero-order chi connectivity index (χ0) is 15.4. The van der Waals surface area contributed by atoms with Crippen molar-refractivity contribution in [1.82, 2.24) is 14.9 Å². The number of aromatic nitrogens is 2. The third-order valence-corrected chi connectivity index (χ3v) is 4.39. The van der Waals surface area contributed by atoms with Crippen molar-refractivity contribution >= 4 is 0 Å². The molecule has 22 heavy (non-hydrogen) atoms. The Balaban J connectivity index is 1.52. The molecule has 2 aromatic rings. The minimum Gasteiger partial charge on any atom is -0.347 e. The van der Waals surface area contributed by atoms with E-state index in [0.29, 0.717) is 17.9 Å². The van der Waals surface area contributed by atoms with E-state index in [0.717, 1.165) is 37.8 Å². The standard InChI is InChI=1S/C17H21F2N3/c18-15-6-5-14(17(19)8-15)4-3-13-2-1-7-22(10-13)11-16-9-20-12-21-16/h5-6,8-9,12-13H,1-4,7,10-11H2,(H,20,21)/t13-/m0/s1. The lowest BCUT2D eigenvalue weighted by Crippen LogP contribution is -2.35. The van der Waals surface area contributed by atoms with Crippen LogP contribution in [-0.2, 0) is 13.0 Å². The van der Waals surface area contributed by atoms with Crippen LogP contribution in [0.3, 0.4) is 0 Å². The highest BCUT2D eigenvalue weighted by Gasteiger charge is 2.20. The first-order chi connectivity index (χ1) is 10.7. The topological polar surface area (TPSA) is 31.9 Å². The van der Waals surface area contributed by atoms with E-state index in [-0.39, 0.29) is 0 Å². The van der Waals surface area contributed by atoms with Crippen LogP contribution >= 0.6 is 0 Å². The molecule has 0 spiro atoms. The molecular weight excluding hydrogens is 284 g/mol. The van der Waals surface area contributed by atoms with Crippen molar-refractivity contribution in [3.05, 3.63) is 53.6 Å². The van der Waals surface area contributed by atoms with Crippen LogP contribution in [0.2, 0.25) is 0 Å². The quantitative estimate of drug-likeness (QED) is 0.916. The average molecular weight is 305 g/mol. The highest BCUT2D eigenvalue weighted by molar-refractivity contribution is 5.18. The van der Waals surface area contributed by atoms with Crippen molar-refractivity contribution in [2.45, 2.75) is 32.2 Å². The van der Waals surface area contributed by atoms with Gasteiger partial charge >= 0.3 is 0 Å². The van der Waals surface area contributed by atoms with Crippen LogP contribution in [0.1, 0.15) is 30.5 Å². The fourth-order valence-corrected chi connectivity index (χ4v) is 3.23. The molecule has 1 aliphatic heterocycles. The number of hydrogen-bond acceptors (Lipinski definition) is 2. The van der Waals surface area contributed by atoms with Gasteiger partial charge in [0.05, 0.1) is 6.33 Å². The Bertz CT molecular complexity index is 598. The van der Waals surface area contributed by atoms with E-state index in [1.54, 1.807) is 12.4 Å². The van der Waals surface area contributed by atoms with Crippen molar-refractivity contribution in [2.75, 3.05) is 13.1 Å². The van der Waals surface area contributed by atoms with Gasteiger partial charge in [-0.2, -0.15) is 0 Å². The zero-order valence-corrected chi connectivity index (χ0v) is 12.6. The van der Waals surface area contributed by atoms with E-state index in [4.69, 9.17) is 0 Å². The number of nitrogens with zero attached hydrogens (tertiary/aromatic N) is 2. The van der Waals surface area contributed by atoms with Crippen molar-refractivity contribution in [3.8, 4) is 0 Å². The van der Waals surface area contributed by atoms with E-state index < -0.39 is 11.6 Å². The molecule has 0 unspecified atom stereocenters. The third kappa shape index (κ3) is 3.91. The molecule has 5 heteroatoms. The third-order valence-electron chi connectivity index (χ3n) is 4.39. The van der Waals surface area contributed by atoms with Crippen LogP contribution < -0.4 is 0 Å². The Morgan fingerprint density at radius 1 is 1.32 bits per heavy atom. The molecule has 2 heterocycles. The number of imidazole rings is 1. The smallest absolute Gasteiger partial charge is 0.129 e. The summed E-state index contributed by atoms with van der Waals surface area (Å²) in [6.45, 7) is 3.02. The van der Waals surface area contributed by atoms with Crippen LogP contribution in [0.5, 0.6) is 0 Å². The maximum absolute atomic E-state index is 13.7. The Hall–Kier alpha value is -1.75. The molecule has 1 aromatic carbocycles. The molecule has 1 saturated heterocycles. The summed E-state index contributed by atoms with van der Waals surface area (Å²) in [5.74, 6) is -0.365. The first kappa shape index (κ1) is 15.2. The number of rotatable bonds is 5. The largest absolute Gasteiger partial charge is 0.347 e. The molecule has 0 saturated carbocycles. The van der Waals surface area contributed by atoms with Gasteiger partial charge in [0.1, 0.15) is 11.6 Å². The monoisotopic (exact) mass is 305 g/mol. The van der Waals surface area contributed by atoms with Gasteiger partial charge in [-0.3, -0.25) is 4.90 Å². The van der Waals surface area contributed by atoms with E-state index in [1.807, 2.05) is 6.20 Å². The summed E-state index contributed by atoms with van der Waals surface area (Å²) in [6.07, 6.45) is 7.54. The van der Waals surface area contributed by atoms with Gasteiger partial charge in [-0.25, -0.2) is 13.8 Å². The number of aryl methyl sites for hydroxylation is 1. The summed E-state index contributed by atoms with van der Waals surface area (Å²) in [4.78, 5) is 9.60. The predicted molar refractivity (Wildman–Crippen MR) is 81.3 cm³/mol. The second kappa shape index (κ2) is 7.01. The number of aromatic amines is 1.